The minimum Gasteiger partial charge on any atom is -0.489 e. The zero-order chi connectivity index (χ0) is 15.2. The van der Waals surface area contributed by atoms with Crippen molar-refractivity contribution in [1.29, 1.82) is 0 Å². The Morgan fingerprint density at radius 1 is 1.14 bits per heavy atom. The summed E-state index contributed by atoms with van der Waals surface area (Å²) in [5.41, 5.74) is 2.42. The summed E-state index contributed by atoms with van der Waals surface area (Å²) in [4.78, 5) is 0. The van der Waals surface area contributed by atoms with Crippen molar-refractivity contribution in [3.63, 3.8) is 0 Å². The normalized spacial score (nSPS) is 14.6. The van der Waals surface area contributed by atoms with E-state index in [0.29, 0.717) is 6.61 Å². The standard InChI is InChI=1S/C18H21BrN2O/c19-18-7-2-1-5-16(18)13-22-17-6-3-4-14(8-17)9-20-10-15-11-21-12-15/h1-8,15,20-21H,9-13H2. The van der Waals surface area contributed by atoms with E-state index < -0.39 is 0 Å². The first-order valence-corrected chi connectivity index (χ1v) is 8.47. The monoisotopic (exact) mass is 360 g/mol. The van der Waals surface area contributed by atoms with E-state index in [1.807, 2.05) is 24.3 Å². The molecule has 1 aliphatic heterocycles. The van der Waals surface area contributed by atoms with Crippen molar-refractivity contribution in [1.82, 2.24) is 10.6 Å². The summed E-state index contributed by atoms with van der Waals surface area (Å²) >= 11 is 3.55. The molecule has 4 heteroatoms. The number of benzene rings is 2. The van der Waals surface area contributed by atoms with Crippen LogP contribution in [-0.4, -0.2) is 19.6 Å². The largest absolute Gasteiger partial charge is 0.489 e. The number of hydrogen-bond donors (Lipinski definition) is 2. The van der Waals surface area contributed by atoms with Crippen molar-refractivity contribution in [3.05, 3.63) is 64.1 Å². The molecule has 1 saturated heterocycles. The molecule has 1 aliphatic rings. The van der Waals surface area contributed by atoms with E-state index in [1.165, 1.54) is 5.56 Å². The van der Waals surface area contributed by atoms with Gasteiger partial charge >= 0.3 is 0 Å². The Hall–Kier alpha value is -1.36. The molecule has 1 heterocycles. The third-order valence-corrected chi connectivity index (χ3v) is 4.65. The summed E-state index contributed by atoms with van der Waals surface area (Å²) in [6.45, 7) is 4.83. The van der Waals surface area contributed by atoms with Crippen molar-refractivity contribution in [3.8, 4) is 5.75 Å². The van der Waals surface area contributed by atoms with E-state index in [9.17, 15) is 0 Å². The van der Waals surface area contributed by atoms with Crippen molar-refractivity contribution in [2.45, 2.75) is 13.2 Å². The first kappa shape index (κ1) is 15.5. The van der Waals surface area contributed by atoms with Gasteiger partial charge in [-0.1, -0.05) is 46.3 Å². The number of rotatable bonds is 7. The van der Waals surface area contributed by atoms with Crippen molar-refractivity contribution < 1.29 is 4.74 Å². The lowest BCUT2D eigenvalue weighted by atomic mass is 10.0. The van der Waals surface area contributed by atoms with Gasteiger partial charge in [0.1, 0.15) is 12.4 Å². The Morgan fingerprint density at radius 3 is 2.77 bits per heavy atom. The molecule has 0 amide bonds. The molecule has 2 N–H and O–H groups in total. The number of nitrogens with one attached hydrogen (secondary N) is 2. The lowest BCUT2D eigenvalue weighted by Gasteiger charge is -2.27. The van der Waals surface area contributed by atoms with Gasteiger partial charge in [-0.15, -0.1) is 0 Å². The van der Waals surface area contributed by atoms with Gasteiger partial charge in [-0.05, 0) is 29.7 Å². The van der Waals surface area contributed by atoms with Crippen LogP contribution in [0.2, 0.25) is 0 Å². The van der Waals surface area contributed by atoms with Gasteiger partial charge in [-0.2, -0.15) is 0 Å². The Morgan fingerprint density at radius 2 is 2.00 bits per heavy atom. The van der Waals surface area contributed by atoms with Gasteiger partial charge in [0.15, 0.2) is 0 Å². The minimum absolute atomic E-state index is 0.575. The molecule has 0 aromatic heterocycles. The van der Waals surface area contributed by atoms with Crippen LogP contribution in [0.4, 0.5) is 0 Å². The van der Waals surface area contributed by atoms with Crippen LogP contribution in [0.1, 0.15) is 11.1 Å². The van der Waals surface area contributed by atoms with Crippen LogP contribution in [0.5, 0.6) is 5.75 Å². The minimum atomic E-state index is 0.575. The van der Waals surface area contributed by atoms with E-state index in [-0.39, 0.29) is 0 Å². The van der Waals surface area contributed by atoms with Gasteiger partial charge in [0.25, 0.3) is 0 Å². The first-order chi connectivity index (χ1) is 10.8. The van der Waals surface area contributed by atoms with E-state index in [2.05, 4.69) is 50.8 Å². The highest BCUT2D eigenvalue weighted by atomic mass is 79.9. The van der Waals surface area contributed by atoms with Gasteiger partial charge in [-0.3, -0.25) is 0 Å². The molecule has 0 aliphatic carbocycles. The molecule has 0 radical (unpaired) electrons. The molecule has 116 valence electrons. The second-order valence-electron chi connectivity index (χ2n) is 5.68. The molecule has 2 aromatic rings. The van der Waals surface area contributed by atoms with Crippen molar-refractivity contribution >= 4 is 15.9 Å². The molecule has 22 heavy (non-hydrogen) atoms. The van der Waals surface area contributed by atoms with Gasteiger partial charge in [0.2, 0.25) is 0 Å². The Labute approximate surface area is 140 Å². The predicted octanol–water partition coefficient (Wildman–Crippen LogP) is 3.34. The highest BCUT2D eigenvalue weighted by molar-refractivity contribution is 9.10. The molecule has 0 unspecified atom stereocenters. The second-order valence-corrected chi connectivity index (χ2v) is 6.54. The van der Waals surface area contributed by atoms with Gasteiger partial charge in [-0.25, -0.2) is 0 Å². The summed E-state index contributed by atoms with van der Waals surface area (Å²) in [5, 5.41) is 6.80. The highest BCUT2D eigenvalue weighted by Gasteiger charge is 2.15. The lowest BCUT2D eigenvalue weighted by molar-refractivity contribution is 0.305. The fourth-order valence-corrected chi connectivity index (χ4v) is 2.83. The molecule has 0 bridgehead atoms. The van der Waals surface area contributed by atoms with Gasteiger partial charge < -0.3 is 15.4 Å². The Balaban J connectivity index is 1.51. The van der Waals surface area contributed by atoms with Crippen LogP contribution in [0.15, 0.2) is 53.0 Å². The molecule has 0 saturated carbocycles. The fraction of sp³-hybridized carbons (Fsp3) is 0.333. The zero-order valence-corrected chi connectivity index (χ0v) is 14.1. The zero-order valence-electron chi connectivity index (χ0n) is 12.5. The Bertz CT molecular complexity index is 614. The molecule has 3 nitrogen and oxygen atoms in total. The quantitative estimate of drug-likeness (QED) is 0.794. The van der Waals surface area contributed by atoms with Crippen LogP contribution in [0.25, 0.3) is 0 Å². The molecular formula is C18H21BrN2O. The Kier molecular flexibility index (Phi) is 5.48. The van der Waals surface area contributed by atoms with Crippen molar-refractivity contribution in [2.75, 3.05) is 19.6 Å². The average molecular weight is 361 g/mol. The predicted molar refractivity (Wildman–Crippen MR) is 93.0 cm³/mol. The molecule has 0 spiro atoms. The van der Waals surface area contributed by atoms with Crippen LogP contribution < -0.4 is 15.4 Å². The third-order valence-electron chi connectivity index (χ3n) is 3.88. The SMILES string of the molecule is Brc1ccccc1COc1cccc(CNCC2CNC2)c1. The van der Waals surface area contributed by atoms with E-state index in [0.717, 1.165) is 47.9 Å². The first-order valence-electron chi connectivity index (χ1n) is 7.68. The van der Waals surface area contributed by atoms with Crippen LogP contribution in [0, 0.1) is 5.92 Å². The molecule has 1 fully saturated rings. The van der Waals surface area contributed by atoms with E-state index >= 15 is 0 Å². The summed E-state index contributed by atoms with van der Waals surface area (Å²) in [6.07, 6.45) is 0. The number of halogens is 1. The van der Waals surface area contributed by atoms with Crippen LogP contribution in [-0.2, 0) is 13.2 Å². The lowest BCUT2D eigenvalue weighted by Crippen LogP contribution is -2.47. The van der Waals surface area contributed by atoms with E-state index in [4.69, 9.17) is 4.74 Å². The van der Waals surface area contributed by atoms with Gasteiger partial charge in [0.05, 0.1) is 0 Å². The van der Waals surface area contributed by atoms with Crippen LogP contribution >= 0.6 is 15.9 Å². The fourth-order valence-electron chi connectivity index (χ4n) is 2.44. The molecule has 2 aromatic carbocycles. The van der Waals surface area contributed by atoms with Crippen molar-refractivity contribution in [2.24, 2.45) is 5.92 Å². The summed E-state index contributed by atoms with van der Waals surface area (Å²) in [7, 11) is 0. The highest BCUT2D eigenvalue weighted by Crippen LogP contribution is 2.20. The maximum Gasteiger partial charge on any atom is 0.120 e. The summed E-state index contributed by atoms with van der Waals surface area (Å²) < 4.78 is 6.99. The molecule has 0 atom stereocenters. The smallest absolute Gasteiger partial charge is 0.120 e. The number of hydrogen-bond acceptors (Lipinski definition) is 3. The van der Waals surface area contributed by atoms with Crippen LogP contribution in [0.3, 0.4) is 0 Å². The average Bonchev–Trinajstić information content (AvgIpc) is 2.49. The second kappa shape index (κ2) is 7.77. The van der Waals surface area contributed by atoms with Gasteiger partial charge in [0, 0.05) is 36.2 Å². The maximum absolute atomic E-state index is 5.91. The molecule has 3 rings (SSSR count). The van der Waals surface area contributed by atoms with E-state index in [1.54, 1.807) is 0 Å². The number of ether oxygens (including phenoxy) is 1. The summed E-state index contributed by atoms with van der Waals surface area (Å²) in [6, 6.07) is 16.5. The summed E-state index contributed by atoms with van der Waals surface area (Å²) in [5.74, 6) is 1.70. The maximum atomic E-state index is 5.91. The molecular weight excluding hydrogens is 340 g/mol. The topological polar surface area (TPSA) is 33.3 Å². The third kappa shape index (κ3) is 4.32.